The van der Waals surface area contributed by atoms with Crippen LogP contribution >= 0.6 is 11.6 Å². The molecule has 30 heavy (non-hydrogen) atoms. The first kappa shape index (κ1) is 21.4. The molecule has 1 fully saturated rings. The van der Waals surface area contributed by atoms with Crippen molar-refractivity contribution in [2.45, 2.75) is 12.5 Å². The van der Waals surface area contributed by atoms with Crippen LogP contribution in [0, 0.1) is 0 Å². The van der Waals surface area contributed by atoms with Gasteiger partial charge in [0.25, 0.3) is 5.91 Å². The number of hydrogen-bond acceptors (Lipinski definition) is 6. The van der Waals surface area contributed by atoms with Crippen LogP contribution in [-0.4, -0.2) is 42.8 Å². The van der Waals surface area contributed by atoms with E-state index in [1.807, 2.05) is 0 Å². The molecule has 1 saturated heterocycles. The van der Waals surface area contributed by atoms with Crippen LogP contribution in [0.3, 0.4) is 0 Å². The van der Waals surface area contributed by atoms with Crippen molar-refractivity contribution in [3.63, 3.8) is 0 Å². The van der Waals surface area contributed by atoms with Gasteiger partial charge in [-0.1, -0.05) is 29.8 Å². The number of nitrogens with one attached hydrogen (secondary N) is 1. The Balaban J connectivity index is 1.62. The van der Waals surface area contributed by atoms with Crippen LogP contribution < -0.4 is 10.2 Å². The number of carbonyl (C=O) groups excluding carboxylic acids is 4. The molecule has 0 radical (unpaired) electrons. The van der Waals surface area contributed by atoms with E-state index in [2.05, 4.69) is 11.9 Å². The van der Waals surface area contributed by atoms with Crippen molar-refractivity contribution < 1.29 is 23.9 Å². The molecule has 8 heteroatoms. The number of rotatable bonds is 8. The predicted octanol–water partition coefficient (Wildman–Crippen LogP) is 2.79. The highest BCUT2D eigenvalue weighted by Crippen LogP contribution is 2.23. The van der Waals surface area contributed by atoms with Gasteiger partial charge in [-0.2, -0.15) is 0 Å². The number of carbonyl (C=O) groups is 4. The van der Waals surface area contributed by atoms with Crippen LogP contribution in [0.25, 0.3) is 0 Å². The summed E-state index contributed by atoms with van der Waals surface area (Å²) >= 11 is 5.96. The zero-order valence-electron chi connectivity index (χ0n) is 16.0. The third-order valence-corrected chi connectivity index (χ3v) is 4.85. The van der Waals surface area contributed by atoms with Gasteiger partial charge >= 0.3 is 5.97 Å². The number of imide groups is 1. The number of esters is 1. The lowest BCUT2D eigenvalue weighted by atomic mass is 10.1. The second kappa shape index (κ2) is 9.47. The molecule has 1 aliphatic heterocycles. The van der Waals surface area contributed by atoms with Crippen molar-refractivity contribution in [1.82, 2.24) is 5.32 Å². The average molecular weight is 427 g/mol. The van der Waals surface area contributed by atoms with E-state index in [0.29, 0.717) is 12.2 Å². The summed E-state index contributed by atoms with van der Waals surface area (Å²) in [5.41, 5.74) is 0.815. The minimum absolute atomic E-state index is 0.0562. The number of nitrogens with zero attached hydrogens (tertiary/aromatic N) is 1. The summed E-state index contributed by atoms with van der Waals surface area (Å²) < 4.78 is 5.05. The van der Waals surface area contributed by atoms with Gasteiger partial charge < -0.3 is 10.1 Å². The Morgan fingerprint density at radius 2 is 1.87 bits per heavy atom. The van der Waals surface area contributed by atoms with Crippen LogP contribution in [0.1, 0.15) is 27.1 Å². The van der Waals surface area contributed by atoms with Crippen molar-refractivity contribution in [3.8, 4) is 0 Å². The van der Waals surface area contributed by atoms with Crippen molar-refractivity contribution in [2.24, 2.45) is 0 Å². The fraction of sp³-hybridized carbons (Fsp3) is 0.182. The minimum atomic E-state index is -0.702. The molecule has 1 aliphatic rings. The van der Waals surface area contributed by atoms with Gasteiger partial charge in [0, 0.05) is 12.1 Å². The minimum Gasteiger partial charge on any atom is -0.454 e. The van der Waals surface area contributed by atoms with E-state index < -0.39 is 24.4 Å². The lowest BCUT2D eigenvalue weighted by Crippen LogP contribution is -2.38. The van der Waals surface area contributed by atoms with E-state index in [9.17, 15) is 19.2 Å². The van der Waals surface area contributed by atoms with Gasteiger partial charge in [-0.15, -0.1) is 6.58 Å². The molecule has 0 spiro atoms. The topological polar surface area (TPSA) is 92.8 Å². The molecule has 1 unspecified atom stereocenters. The molecule has 2 aromatic rings. The van der Waals surface area contributed by atoms with Crippen LogP contribution in [0.2, 0.25) is 5.02 Å². The zero-order chi connectivity index (χ0) is 21.7. The van der Waals surface area contributed by atoms with E-state index in [-0.39, 0.29) is 34.4 Å². The maximum atomic E-state index is 12.4. The standard InChI is InChI=1S/C22H19ClN2O5/c1-2-11-24-18-12-20(27)25(21(18)28)15-9-7-14(8-10-15)22(29)30-13-19(26)16-5-3-4-6-17(16)23/h2-10,18,24H,1,11-13H2. The Morgan fingerprint density at radius 3 is 2.53 bits per heavy atom. The lowest BCUT2D eigenvalue weighted by molar-refractivity contribution is -0.121. The molecule has 0 bridgehead atoms. The van der Waals surface area contributed by atoms with Gasteiger partial charge in [-0.3, -0.25) is 14.4 Å². The third-order valence-electron chi connectivity index (χ3n) is 4.53. The fourth-order valence-corrected chi connectivity index (χ4v) is 3.26. The largest absolute Gasteiger partial charge is 0.454 e. The van der Waals surface area contributed by atoms with Gasteiger partial charge in [0.2, 0.25) is 11.7 Å². The Morgan fingerprint density at radius 1 is 1.17 bits per heavy atom. The zero-order valence-corrected chi connectivity index (χ0v) is 16.7. The SMILES string of the molecule is C=CCNC1CC(=O)N(c2ccc(C(=O)OCC(=O)c3ccccc3Cl)cc2)C1=O. The molecular weight excluding hydrogens is 408 g/mol. The van der Waals surface area contributed by atoms with E-state index in [4.69, 9.17) is 16.3 Å². The molecule has 154 valence electrons. The highest BCUT2D eigenvalue weighted by Gasteiger charge is 2.39. The molecule has 0 aromatic heterocycles. The van der Waals surface area contributed by atoms with Crippen LogP contribution in [-0.2, 0) is 14.3 Å². The number of anilines is 1. The Bertz CT molecular complexity index is 1000. The van der Waals surface area contributed by atoms with Crippen LogP contribution in [0.4, 0.5) is 5.69 Å². The summed E-state index contributed by atoms with van der Waals surface area (Å²) in [4.78, 5) is 50.1. The highest BCUT2D eigenvalue weighted by atomic mass is 35.5. The monoisotopic (exact) mass is 426 g/mol. The molecule has 1 heterocycles. The van der Waals surface area contributed by atoms with Gasteiger partial charge in [-0.25, -0.2) is 9.69 Å². The van der Waals surface area contributed by atoms with Crippen molar-refractivity contribution in [2.75, 3.05) is 18.1 Å². The highest BCUT2D eigenvalue weighted by molar-refractivity contribution is 6.34. The number of ether oxygens (including phenoxy) is 1. The van der Waals surface area contributed by atoms with Crippen molar-refractivity contribution in [3.05, 3.63) is 77.3 Å². The van der Waals surface area contributed by atoms with Crippen molar-refractivity contribution in [1.29, 1.82) is 0 Å². The summed E-state index contributed by atoms with van der Waals surface area (Å²) in [6, 6.07) is 11.7. The summed E-state index contributed by atoms with van der Waals surface area (Å²) in [6.07, 6.45) is 1.66. The average Bonchev–Trinajstić information content (AvgIpc) is 3.03. The summed E-state index contributed by atoms with van der Waals surface area (Å²) in [6.45, 7) is 3.53. The molecule has 3 rings (SSSR count). The maximum absolute atomic E-state index is 12.4. The first-order valence-electron chi connectivity index (χ1n) is 9.18. The van der Waals surface area contributed by atoms with Gasteiger partial charge in [-0.05, 0) is 36.4 Å². The molecule has 7 nitrogen and oxygen atoms in total. The number of ketones is 1. The van der Waals surface area contributed by atoms with Gasteiger partial charge in [0.15, 0.2) is 6.61 Å². The quantitative estimate of drug-likeness (QED) is 0.302. The first-order valence-corrected chi connectivity index (χ1v) is 9.56. The molecule has 2 aromatic carbocycles. The number of benzene rings is 2. The lowest BCUT2D eigenvalue weighted by Gasteiger charge is -2.15. The first-order chi connectivity index (χ1) is 14.4. The van der Waals surface area contributed by atoms with Crippen molar-refractivity contribution >= 4 is 40.9 Å². The van der Waals surface area contributed by atoms with Gasteiger partial charge in [0.05, 0.1) is 28.7 Å². The second-order valence-electron chi connectivity index (χ2n) is 6.55. The Hall–Kier alpha value is -3.29. The van der Waals surface area contributed by atoms with E-state index in [1.54, 1.807) is 30.3 Å². The second-order valence-corrected chi connectivity index (χ2v) is 6.95. The van der Waals surface area contributed by atoms with E-state index in [1.165, 1.54) is 24.3 Å². The molecule has 2 amide bonds. The number of halogens is 1. The smallest absolute Gasteiger partial charge is 0.338 e. The third kappa shape index (κ3) is 4.64. The Labute approximate surface area is 178 Å². The molecule has 0 saturated carbocycles. The van der Waals surface area contributed by atoms with E-state index in [0.717, 1.165) is 4.90 Å². The van der Waals surface area contributed by atoms with Crippen LogP contribution in [0.5, 0.6) is 0 Å². The van der Waals surface area contributed by atoms with Gasteiger partial charge in [0.1, 0.15) is 0 Å². The normalized spacial score (nSPS) is 15.9. The van der Waals surface area contributed by atoms with Crippen LogP contribution in [0.15, 0.2) is 61.2 Å². The Kier molecular flexibility index (Phi) is 6.76. The maximum Gasteiger partial charge on any atom is 0.338 e. The molecule has 1 N–H and O–H groups in total. The number of hydrogen-bond donors (Lipinski definition) is 1. The molecular formula is C22H19ClN2O5. The summed E-state index contributed by atoms with van der Waals surface area (Å²) in [5.74, 6) is -1.81. The molecule has 0 aliphatic carbocycles. The summed E-state index contributed by atoms with van der Waals surface area (Å²) in [5, 5.41) is 3.22. The predicted molar refractivity (Wildman–Crippen MR) is 112 cm³/mol. The number of amides is 2. The number of Topliss-reactive ketones (excluding diaryl/α,β-unsaturated/α-hetero) is 1. The van der Waals surface area contributed by atoms with E-state index >= 15 is 0 Å². The summed E-state index contributed by atoms with van der Waals surface area (Å²) in [7, 11) is 0. The molecule has 1 atom stereocenters. The fourth-order valence-electron chi connectivity index (χ4n) is 3.01.